The van der Waals surface area contributed by atoms with Gasteiger partial charge in [-0.3, -0.25) is 14.3 Å². The Balaban J connectivity index is 1.91. The predicted molar refractivity (Wildman–Crippen MR) is 164 cm³/mol. The van der Waals surface area contributed by atoms with Crippen LogP contribution in [0.4, 0.5) is 4.39 Å². The number of carbonyl (C=O) groups is 2. The van der Waals surface area contributed by atoms with Gasteiger partial charge in [0.1, 0.15) is 21.3 Å². The highest BCUT2D eigenvalue weighted by molar-refractivity contribution is 7.90. The minimum Gasteiger partial charge on any atom is -0.315 e. The number of sulfonamides is 1. The molecule has 10 nitrogen and oxygen atoms in total. The Bertz CT molecular complexity index is 1780. The number of thiazole rings is 1. The Morgan fingerprint density at radius 2 is 1.91 bits per heavy atom. The fraction of sp³-hybridized carbons (Fsp3) is 0.300. The van der Waals surface area contributed by atoms with Crippen molar-refractivity contribution >= 4 is 44.8 Å². The number of hydrogen-bond acceptors (Lipinski definition) is 8. The molecule has 0 saturated heterocycles. The molecule has 1 unspecified atom stereocenters. The van der Waals surface area contributed by atoms with Crippen LogP contribution in [0.1, 0.15) is 54.5 Å². The molecule has 0 aliphatic carbocycles. The first kappa shape index (κ1) is 32.8. The largest absolute Gasteiger partial charge is 0.315 e. The minimum atomic E-state index is -4.75. The number of benzene rings is 2. The van der Waals surface area contributed by atoms with Crippen LogP contribution in [0.5, 0.6) is 0 Å². The molecule has 2 amide bonds. The molecule has 44 heavy (non-hydrogen) atoms. The summed E-state index contributed by atoms with van der Waals surface area (Å²) < 4.78 is 44.6. The summed E-state index contributed by atoms with van der Waals surface area (Å²) in [4.78, 5) is 33.6. The summed E-state index contributed by atoms with van der Waals surface area (Å²) in [6, 6.07) is 13.0. The molecule has 2 aromatic carbocycles. The summed E-state index contributed by atoms with van der Waals surface area (Å²) in [5.41, 5.74) is -1.41. The smallest absolute Gasteiger partial charge is 0.267 e. The van der Waals surface area contributed by atoms with E-state index < -0.39 is 38.1 Å². The molecule has 2 heterocycles. The average molecular weight is 657 g/mol. The third kappa shape index (κ3) is 7.15. The summed E-state index contributed by atoms with van der Waals surface area (Å²) in [5.74, 6) is -2.87. The van der Waals surface area contributed by atoms with Crippen molar-refractivity contribution < 1.29 is 22.4 Å². The molecule has 0 aliphatic rings. The third-order valence-corrected chi connectivity index (χ3v) is 9.41. The van der Waals surface area contributed by atoms with Crippen LogP contribution in [0.15, 0.2) is 77.4 Å². The lowest BCUT2D eigenvalue weighted by Crippen LogP contribution is -2.63. The van der Waals surface area contributed by atoms with Gasteiger partial charge in [0.25, 0.3) is 21.8 Å². The Morgan fingerprint density at radius 3 is 2.50 bits per heavy atom. The van der Waals surface area contributed by atoms with Gasteiger partial charge < -0.3 is 4.90 Å². The molecule has 14 heteroatoms. The summed E-state index contributed by atoms with van der Waals surface area (Å²) >= 11 is 7.84. The number of nitrogens with zero attached hydrogens (tertiary/aromatic N) is 5. The summed E-state index contributed by atoms with van der Waals surface area (Å²) in [6.07, 6.45) is 4.01. The maximum atomic E-state index is 14.6. The molecule has 0 saturated carbocycles. The van der Waals surface area contributed by atoms with E-state index in [-0.39, 0.29) is 36.9 Å². The van der Waals surface area contributed by atoms with Gasteiger partial charge in [-0.25, -0.2) is 22.5 Å². The molecule has 2 aromatic heterocycles. The predicted octanol–water partition coefficient (Wildman–Crippen LogP) is 5.32. The molecular weight excluding hydrogens is 627 g/mol. The van der Waals surface area contributed by atoms with Crippen LogP contribution >= 0.6 is 22.9 Å². The molecule has 0 fully saturated rings. The third-order valence-electron chi connectivity index (χ3n) is 6.97. The van der Waals surface area contributed by atoms with Crippen LogP contribution in [0, 0.1) is 17.1 Å². The molecule has 0 radical (unpaired) electrons. The van der Waals surface area contributed by atoms with E-state index in [4.69, 9.17) is 11.6 Å². The molecule has 4 rings (SSSR count). The Kier molecular flexibility index (Phi) is 9.88. The van der Waals surface area contributed by atoms with E-state index in [2.05, 4.69) is 10.1 Å². The lowest BCUT2D eigenvalue weighted by molar-refractivity contribution is -0.132. The zero-order chi connectivity index (χ0) is 32.1. The highest BCUT2D eigenvalue weighted by Crippen LogP contribution is 2.34. The first-order valence-electron chi connectivity index (χ1n) is 13.4. The number of amides is 2. The standard InChI is InChI=1S/C30H30ClFN6O4S2/c1-29(2,3)22-11-10-21(18-23(22)31)27(39)38(19-26-34-15-17-43-26)30(12-6-13-33,20-37-16-7-14-35-37)28(40)36-44(41,42)25-9-5-4-8-24(25)32/h4-5,7-11,14-18H,6,12,19-20H2,1-3H3,(H,36,40). The highest BCUT2D eigenvalue weighted by Gasteiger charge is 2.49. The summed E-state index contributed by atoms with van der Waals surface area (Å²) in [7, 11) is -4.75. The van der Waals surface area contributed by atoms with E-state index in [1.54, 1.807) is 29.8 Å². The lowest BCUT2D eigenvalue weighted by atomic mass is 9.86. The summed E-state index contributed by atoms with van der Waals surface area (Å²) in [6.45, 7) is 5.38. The molecule has 0 spiro atoms. The zero-order valence-corrected chi connectivity index (χ0v) is 26.6. The van der Waals surface area contributed by atoms with Crippen molar-refractivity contribution in [2.45, 2.75) is 62.6 Å². The maximum Gasteiger partial charge on any atom is 0.267 e. The second kappa shape index (κ2) is 13.3. The molecule has 1 N–H and O–H groups in total. The van der Waals surface area contributed by atoms with Crippen molar-refractivity contribution in [1.29, 1.82) is 5.26 Å². The van der Waals surface area contributed by atoms with Gasteiger partial charge in [0, 0.05) is 41.0 Å². The normalized spacial score (nSPS) is 13.1. The first-order valence-corrected chi connectivity index (χ1v) is 16.2. The summed E-state index contributed by atoms with van der Waals surface area (Å²) in [5, 5.41) is 16.3. The van der Waals surface area contributed by atoms with E-state index >= 15 is 0 Å². The monoisotopic (exact) mass is 656 g/mol. The van der Waals surface area contributed by atoms with Crippen LogP contribution in [0.2, 0.25) is 5.02 Å². The van der Waals surface area contributed by atoms with Gasteiger partial charge in [-0.15, -0.1) is 11.3 Å². The maximum absolute atomic E-state index is 14.6. The lowest BCUT2D eigenvalue weighted by Gasteiger charge is -2.42. The van der Waals surface area contributed by atoms with Gasteiger partial charge >= 0.3 is 0 Å². The molecule has 0 aliphatic heterocycles. The Hall–Kier alpha value is -4.12. The quantitative estimate of drug-likeness (QED) is 0.231. The van der Waals surface area contributed by atoms with Gasteiger partial charge in [0.05, 0.1) is 19.2 Å². The van der Waals surface area contributed by atoms with Crippen molar-refractivity contribution in [3.8, 4) is 6.07 Å². The minimum absolute atomic E-state index is 0.131. The number of aromatic nitrogens is 3. The fourth-order valence-electron chi connectivity index (χ4n) is 4.76. The highest BCUT2D eigenvalue weighted by atomic mass is 35.5. The average Bonchev–Trinajstić information content (AvgIpc) is 3.67. The molecule has 4 aromatic rings. The van der Waals surface area contributed by atoms with Gasteiger partial charge in [0.2, 0.25) is 0 Å². The van der Waals surface area contributed by atoms with Crippen LogP contribution in [0.3, 0.4) is 0 Å². The molecular formula is C30H30ClFN6O4S2. The number of carbonyl (C=O) groups excluding carboxylic acids is 2. The topological polar surface area (TPSA) is 138 Å². The molecule has 230 valence electrons. The zero-order valence-electron chi connectivity index (χ0n) is 24.2. The Morgan fingerprint density at radius 1 is 1.16 bits per heavy atom. The van der Waals surface area contributed by atoms with Crippen molar-refractivity contribution in [2.75, 3.05) is 0 Å². The number of nitriles is 1. The van der Waals surface area contributed by atoms with Crippen LogP contribution < -0.4 is 4.72 Å². The van der Waals surface area contributed by atoms with Crippen LogP contribution in [0.25, 0.3) is 0 Å². The van der Waals surface area contributed by atoms with Crippen molar-refractivity contribution in [3.05, 3.63) is 99.5 Å². The van der Waals surface area contributed by atoms with Crippen molar-refractivity contribution in [2.24, 2.45) is 0 Å². The van der Waals surface area contributed by atoms with Crippen molar-refractivity contribution in [3.63, 3.8) is 0 Å². The fourth-order valence-corrected chi connectivity index (χ4v) is 6.96. The van der Waals surface area contributed by atoms with E-state index in [9.17, 15) is 27.7 Å². The number of halogens is 2. The SMILES string of the molecule is CC(C)(C)c1ccc(C(=O)N(Cc2nccs2)C(CCC#N)(Cn2cccn2)C(=O)NS(=O)(=O)c2ccccc2F)cc1Cl. The Labute approximate surface area is 264 Å². The van der Waals surface area contributed by atoms with Crippen molar-refractivity contribution in [1.82, 2.24) is 24.4 Å². The van der Waals surface area contributed by atoms with Crippen LogP contribution in [-0.2, 0) is 33.3 Å². The van der Waals surface area contributed by atoms with E-state index in [0.29, 0.717) is 10.0 Å². The number of hydrogen-bond donors (Lipinski definition) is 1. The van der Waals surface area contributed by atoms with E-state index in [0.717, 1.165) is 17.7 Å². The number of nitrogens with one attached hydrogen (secondary N) is 1. The van der Waals surface area contributed by atoms with E-state index in [1.807, 2.05) is 31.6 Å². The first-order chi connectivity index (χ1) is 20.8. The molecule has 0 bridgehead atoms. The van der Waals surface area contributed by atoms with Gasteiger partial charge in [-0.1, -0.05) is 50.6 Å². The van der Waals surface area contributed by atoms with Gasteiger partial charge in [-0.05, 0) is 47.7 Å². The van der Waals surface area contributed by atoms with Crippen LogP contribution in [-0.4, -0.2) is 45.4 Å². The second-order valence-corrected chi connectivity index (χ2v) is 14.1. The second-order valence-electron chi connectivity index (χ2n) is 11.0. The molecule has 1 atom stereocenters. The van der Waals surface area contributed by atoms with Gasteiger partial charge in [-0.2, -0.15) is 10.4 Å². The van der Waals surface area contributed by atoms with E-state index in [1.165, 1.54) is 51.5 Å². The number of rotatable bonds is 11. The van der Waals surface area contributed by atoms with Gasteiger partial charge in [0.15, 0.2) is 0 Å².